The van der Waals surface area contributed by atoms with E-state index in [2.05, 4.69) is 10.4 Å². The number of urea groups is 1. The summed E-state index contributed by atoms with van der Waals surface area (Å²) in [6.07, 6.45) is -1.53. The van der Waals surface area contributed by atoms with E-state index in [1.54, 1.807) is 18.2 Å². The lowest BCUT2D eigenvalue weighted by Crippen LogP contribution is -2.47. The van der Waals surface area contributed by atoms with Gasteiger partial charge in [-0.2, -0.15) is 18.3 Å². The van der Waals surface area contributed by atoms with Crippen LogP contribution in [0.3, 0.4) is 0 Å². The number of rotatable bonds is 6. The minimum Gasteiger partial charge on any atom is -0.392 e. The molecule has 33 heavy (non-hydrogen) atoms. The molecule has 2 aromatic rings. The van der Waals surface area contributed by atoms with Crippen molar-refractivity contribution in [1.29, 1.82) is 0 Å². The van der Waals surface area contributed by atoms with Crippen molar-refractivity contribution in [3.8, 4) is 0 Å². The maximum Gasteiger partial charge on any atom is 0.435 e. The van der Waals surface area contributed by atoms with Gasteiger partial charge in [0.1, 0.15) is 0 Å². The quantitative estimate of drug-likeness (QED) is 0.598. The fourth-order valence-corrected chi connectivity index (χ4v) is 6.43. The molecule has 0 aliphatic heterocycles. The minimum absolute atomic E-state index is 0.00329. The van der Waals surface area contributed by atoms with Gasteiger partial charge >= 0.3 is 12.2 Å². The van der Waals surface area contributed by atoms with Gasteiger partial charge in [0.15, 0.2) is 5.69 Å². The van der Waals surface area contributed by atoms with Crippen LogP contribution in [-0.2, 0) is 45.8 Å². The van der Waals surface area contributed by atoms with Gasteiger partial charge in [-0.05, 0) is 29.5 Å². The Bertz CT molecular complexity index is 1260. The molecule has 15 heteroatoms. The van der Waals surface area contributed by atoms with Crippen LogP contribution in [-0.4, -0.2) is 54.0 Å². The Kier molecular flexibility index (Phi) is 6.52. The number of nitrogens with zero attached hydrogens (tertiary/aromatic N) is 3. The third kappa shape index (κ3) is 5.47. The van der Waals surface area contributed by atoms with E-state index in [-0.39, 0.29) is 15.8 Å². The first-order valence-corrected chi connectivity index (χ1v) is 13.2. The summed E-state index contributed by atoms with van der Waals surface area (Å²) in [7, 11) is -8.74. The van der Waals surface area contributed by atoms with Gasteiger partial charge in [-0.25, -0.2) is 21.6 Å². The third-order valence-corrected chi connectivity index (χ3v) is 8.13. The van der Waals surface area contributed by atoms with Crippen LogP contribution in [0.25, 0.3) is 0 Å². The van der Waals surface area contributed by atoms with Crippen LogP contribution in [0.5, 0.6) is 0 Å². The number of carbonyl (C=O) groups is 1. The van der Waals surface area contributed by atoms with Gasteiger partial charge in [0.05, 0.1) is 31.7 Å². The van der Waals surface area contributed by atoms with Crippen LogP contribution in [0.2, 0.25) is 0 Å². The number of aliphatic hydroxyl groups is 1. The van der Waals surface area contributed by atoms with Gasteiger partial charge in [0, 0.05) is 11.8 Å². The highest BCUT2D eigenvalue weighted by atomic mass is 32.3. The SMILES string of the molecule is CS(=O)(=O)N(C(=O)NC1CCc2cc(Cn3cc(CO)c(C(F)(F)F)n3)ccc21)S(C)(=O)=O. The number of halogens is 3. The molecule has 1 aromatic heterocycles. The predicted molar refractivity (Wildman–Crippen MR) is 110 cm³/mol. The lowest BCUT2D eigenvalue weighted by atomic mass is 10.0. The van der Waals surface area contributed by atoms with E-state index in [9.17, 15) is 34.8 Å². The predicted octanol–water partition coefficient (Wildman–Crippen LogP) is 1.36. The first-order valence-electron chi connectivity index (χ1n) is 9.48. The molecule has 10 nitrogen and oxygen atoms in total. The van der Waals surface area contributed by atoms with E-state index in [0.717, 1.165) is 16.4 Å². The second kappa shape index (κ2) is 8.61. The van der Waals surface area contributed by atoms with Crippen LogP contribution < -0.4 is 5.32 Å². The Hall–Kier alpha value is -2.65. The van der Waals surface area contributed by atoms with Gasteiger partial charge in [0.25, 0.3) is 0 Å². The highest BCUT2D eigenvalue weighted by Gasteiger charge is 2.37. The molecule has 0 radical (unpaired) electrons. The number of amides is 2. The molecule has 3 rings (SSSR count). The topological polar surface area (TPSA) is 139 Å². The summed E-state index contributed by atoms with van der Waals surface area (Å²) >= 11 is 0. The van der Waals surface area contributed by atoms with Crippen molar-refractivity contribution in [2.24, 2.45) is 0 Å². The van der Waals surface area contributed by atoms with Crippen LogP contribution in [0.15, 0.2) is 24.4 Å². The normalized spacial score (nSPS) is 16.5. The van der Waals surface area contributed by atoms with E-state index >= 15 is 0 Å². The molecule has 1 heterocycles. The molecule has 0 bridgehead atoms. The maximum atomic E-state index is 13.0. The van der Waals surface area contributed by atoms with Crippen molar-refractivity contribution in [2.75, 3.05) is 12.5 Å². The molecule has 1 unspecified atom stereocenters. The molecule has 1 aromatic carbocycles. The van der Waals surface area contributed by atoms with Crippen molar-refractivity contribution < 1.29 is 39.9 Å². The van der Waals surface area contributed by atoms with Crippen molar-refractivity contribution >= 4 is 26.1 Å². The summed E-state index contributed by atoms with van der Waals surface area (Å²) in [5.41, 5.74) is 0.536. The van der Waals surface area contributed by atoms with Crippen molar-refractivity contribution in [3.63, 3.8) is 0 Å². The van der Waals surface area contributed by atoms with Crippen LogP contribution in [0.4, 0.5) is 18.0 Å². The molecular weight excluding hydrogens is 489 g/mol. The fourth-order valence-electron chi connectivity index (χ4n) is 3.75. The number of aryl methyl sites for hydroxylation is 1. The summed E-state index contributed by atoms with van der Waals surface area (Å²) in [6, 6.07) is 3.03. The van der Waals surface area contributed by atoms with Crippen LogP contribution in [0.1, 0.15) is 40.4 Å². The summed E-state index contributed by atoms with van der Waals surface area (Å²) in [5, 5.41) is 15.1. The number of aliphatic hydroxyl groups excluding tert-OH is 1. The number of hydrogen-bond acceptors (Lipinski definition) is 7. The summed E-state index contributed by atoms with van der Waals surface area (Å²) < 4.78 is 87.0. The third-order valence-electron chi connectivity index (χ3n) is 4.97. The maximum absolute atomic E-state index is 13.0. The zero-order valence-electron chi connectivity index (χ0n) is 17.5. The van der Waals surface area contributed by atoms with Crippen molar-refractivity contribution in [1.82, 2.24) is 18.8 Å². The fraction of sp³-hybridized carbons (Fsp3) is 0.444. The van der Waals surface area contributed by atoms with Gasteiger partial charge in [-0.3, -0.25) is 4.68 Å². The zero-order valence-corrected chi connectivity index (χ0v) is 19.1. The summed E-state index contributed by atoms with van der Waals surface area (Å²) in [5.74, 6) is 0. The Morgan fingerprint density at radius 3 is 2.39 bits per heavy atom. The van der Waals surface area contributed by atoms with E-state index in [1.807, 2.05) is 0 Å². The largest absolute Gasteiger partial charge is 0.435 e. The molecular formula is C18H21F3N4O6S2. The van der Waals surface area contributed by atoms with E-state index in [1.165, 1.54) is 0 Å². The van der Waals surface area contributed by atoms with E-state index in [4.69, 9.17) is 5.11 Å². The monoisotopic (exact) mass is 510 g/mol. The molecule has 0 saturated carbocycles. The van der Waals surface area contributed by atoms with E-state index in [0.29, 0.717) is 36.5 Å². The summed E-state index contributed by atoms with van der Waals surface area (Å²) in [6.45, 7) is -0.804. The minimum atomic E-state index is -4.70. The van der Waals surface area contributed by atoms with Gasteiger partial charge in [0.2, 0.25) is 20.0 Å². The highest BCUT2D eigenvalue weighted by Crippen LogP contribution is 2.33. The number of sulfonamides is 2. The molecule has 2 N–H and O–H groups in total. The Labute approximate surface area is 188 Å². The second-order valence-electron chi connectivity index (χ2n) is 7.65. The molecule has 2 amide bonds. The van der Waals surface area contributed by atoms with Gasteiger partial charge < -0.3 is 10.4 Å². The Balaban J connectivity index is 1.79. The van der Waals surface area contributed by atoms with Gasteiger partial charge in [-0.1, -0.05) is 18.2 Å². The Morgan fingerprint density at radius 1 is 1.24 bits per heavy atom. The molecule has 182 valence electrons. The van der Waals surface area contributed by atoms with Gasteiger partial charge in [-0.15, -0.1) is 3.71 Å². The molecule has 1 aliphatic carbocycles. The number of aromatic nitrogens is 2. The van der Waals surface area contributed by atoms with Crippen molar-refractivity contribution in [2.45, 2.75) is 38.2 Å². The van der Waals surface area contributed by atoms with Crippen molar-refractivity contribution in [3.05, 3.63) is 52.3 Å². The standard InChI is InChI=1S/C18H21F3N4O6S2/c1-32(28,29)25(33(2,30)31)17(27)22-15-6-4-12-7-11(3-5-14(12)15)8-24-9-13(10-26)16(23-24)18(19,20)21/h3,5,7,9,15,26H,4,6,8,10H2,1-2H3,(H,22,27). The number of hydrogen-bond donors (Lipinski definition) is 2. The number of nitrogens with one attached hydrogen (secondary N) is 1. The lowest BCUT2D eigenvalue weighted by Gasteiger charge is -2.21. The van der Waals surface area contributed by atoms with E-state index < -0.39 is 50.6 Å². The first-order chi connectivity index (χ1) is 15.1. The number of carbonyl (C=O) groups excluding carboxylic acids is 1. The lowest BCUT2D eigenvalue weighted by molar-refractivity contribution is -0.142. The molecule has 0 fully saturated rings. The summed E-state index contributed by atoms with van der Waals surface area (Å²) in [4.78, 5) is 12.4. The molecule has 0 saturated heterocycles. The molecule has 1 aliphatic rings. The molecule has 0 spiro atoms. The van der Waals surface area contributed by atoms with Crippen LogP contribution in [0, 0.1) is 0 Å². The average Bonchev–Trinajstić information content (AvgIpc) is 3.23. The number of fused-ring (bicyclic) bond motifs is 1. The second-order valence-corrected chi connectivity index (χ2v) is 11.5. The van der Waals surface area contributed by atoms with Crippen LogP contribution >= 0.6 is 0 Å². The zero-order chi connectivity index (χ0) is 24.8. The first kappa shape index (κ1) is 25.0. The number of alkyl halides is 3. The highest BCUT2D eigenvalue weighted by molar-refractivity contribution is 8.04. The number of benzene rings is 1. The average molecular weight is 511 g/mol. The molecule has 1 atom stereocenters. The Morgan fingerprint density at radius 2 is 1.88 bits per heavy atom. The smallest absolute Gasteiger partial charge is 0.392 e.